The van der Waals surface area contributed by atoms with Crippen LogP contribution in [0, 0.1) is 23.6 Å². The molecule has 10 heteroatoms. The summed E-state index contributed by atoms with van der Waals surface area (Å²) in [6, 6.07) is 7.81. The van der Waals surface area contributed by atoms with Crippen molar-refractivity contribution in [2.24, 2.45) is 5.92 Å². The summed E-state index contributed by atoms with van der Waals surface area (Å²) in [5.74, 6) is 5.08. The van der Waals surface area contributed by atoms with Crippen LogP contribution in [0.1, 0.15) is 27.2 Å². The Kier molecular flexibility index (Phi) is 8.66. The number of fused-ring (bicyclic) bond motifs is 1. The molecule has 0 bridgehead atoms. The van der Waals surface area contributed by atoms with Gasteiger partial charge < -0.3 is 24.8 Å². The minimum absolute atomic E-state index is 0.0685. The van der Waals surface area contributed by atoms with Crippen LogP contribution in [-0.2, 0) is 9.53 Å². The smallest absolute Gasteiger partial charge is 0.300 e. The molecule has 1 aliphatic heterocycles. The van der Waals surface area contributed by atoms with Gasteiger partial charge in [0.05, 0.1) is 42.1 Å². The average Bonchev–Trinajstić information content (AvgIpc) is 2.88. The van der Waals surface area contributed by atoms with Gasteiger partial charge in [-0.15, -0.1) is 10.2 Å². The lowest BCUT2D eigenvalue weighted by Gasteiger charge is -2.17. The predicted molar refractivity (Wildman–Crippen MR) is 145 cm³/mol. The number of rotatable bonds is 8. The zero-order valence-electron chi connectivity index (χ0n) is 21.0. The first-order valence-corrected chi connectivity index (χ1v) is 12.4. The highest BCUT2D eigenvalue weighted by Crippen LogP contribution is 2.37. The summed E-state index contributed by atoms with van der Waals surface area (Å²) in [4.78, 5) is 12.7. The lowest BCUT2D eigenvalue weighted by molar-refractivity contribution is -0.111. The van der Waals surface area contributed by atoms with Gasteiger partial charge in [-0.25, -0.2) is 4.39 Å². The molecule has 8 nitrogen and oxygen atoms in total. The number of carbonyl (C=O) groups excluding carboxylic acids is 1. The van der Waals surface area contributed by atoms with E-state index >= 15 is 0 Å². The van der Waals surface area contributed by atoms with Crippen LogP contribution in [0.2, 0.25) is 5.15 Å². The first-order valence-electron chi connectivity index (χ1n) is 12.0. The molecular formula is C28H26ClFN4O4. The van der Waals surface area contributed by atoms with E-state index < -0.39 is 11.7 Å². The number of benzene rings is 2. The van der Waals surface area contributed by atoms with E-state index in [-0.39, 0.29) is 22.9 Å². The van der Waals surface area contributed by atoms with Gasteiger partial charge in [0.2, 0.25) is 0 Å². The summed E-state index contributed by atoms with van der Waals surface area (Å²) in [7, 11) is 0. The van der Waals surface area contributed by atoms with E-state index in [0.717, 1.165) is 0 Å². The van der Waals surface area contributed by atoms with E-state index in [9.17, 15) is 9.18 Å². The number of carbonyl (C=O) groups is 1. The molecule has 0 spiro atoms. The molecule has 1 aliphatic rings. The Morgan fingerprint density at radius 2 is 1.97 bits per heavy atom. The quantitative estimate of drug-likeness (QED) is 0.323. The lowest BCUT2D eigenvalue weighted by Crippen LogP contribution is -2.13. The van der Waals surface area contributed by atoms with E-state index in [1.54, 1.807) is 37.6 Å². The van der Waals surface area contributed by atoms with Gasteiger partial charge >= 0.3 is 0 Å². The van der Waals surface area contributed by atoms with Crippen molar-refractivity contribution in [1.82, 2.24) is 10.2 Å². The van der Waals surface area contributed by atoms with Gasteiger partial charge in [0.25, 0.3) is 5.91 Å². The Labute approximate surface area is 224 Å². The number of aromatic nitrogens is 2. The molecular weight excluding hydrogens is 511 g/mol. The van der Waals surface area contributed by atoms with Crippen molar-refractivity contribution >= 4 is 45.5 Å². The molecule has 4 rings (SSSR count). The van der Waals surface area contributed by atoms with E-state index in [2.05, 4.69) is 32.7 Å². The molecule has 196 valence electrons. The summed E-state index contributed by atoms with van der Waals surface area (Å²) in [5.41, 5.74) is 1.65. The number of allylic oxidation sites excluding steroid dienone is 2. The van der Waals surface area contributed by atoms with Crippen LogP contribution >= 0.6 is 11.6 Å². The van der Waals surface area contributed by atoms with Crippen LogP contribution in [0.4, 0.5) is 21.5 Å². The Balaban J connectivity index is 1.65. The third-order valence-electron chi connectivity index (χ3n) is 5.28. The lowest BCUT2D eigenvalue weighted by atomic mass is 10.1. The average molecular weight is 537 g/mol. The number of halogens is 2. The summed E-state index contributed by atoms with van der Waals surface area (Å²) in [5, 5.41) is 14.7. The summed E-state index contributed by atoms with van der Waals surface area (Å²) < 4.78 is 30.6. The second-order valence-electron chi connectivity index (χ2n) is 8.52. The minimum Gasteiger partial charge on any atom is -0.491 e. The monoisotopic (exact) mass is 536 g/mol. The molecule has 2 heterocycles. The Hall–Kier alpha value is -4.29. The number of nitrogens with one attached hydrogen (secondary N) is 2. The van der Waals surface area contributed by atoms with Gasteiger partial charge in [0.15, 0.2) is 16.7 Å². The molecule has 0 saturated heterocycles. The highest BCUT2D eigenvalue weighted by molar-refractivity contribution is 6.33. The first-order chi connectivity index (χ1) is 18.3. The van der Waals surface area contributed by atoms with Crippen LogP contribution in [0.15, 0.2) is 55.0 Å². The van der Waals surface area contributed by atoms with Crippen LogP contribution in [0.5, 0.6) is 11.5 Å². The summed E-state index contributed by atoms with van der Waals surface area (Å²) in [6.07, 6.45) is 7.18. The normalized spacial score (nSPS) is 12.6. The third kappa shape index (κ3) is 6.72. The maximum atomic E-state index is 14.4. The second kappa shape index (κ2) is 12.3. The fourth-order valence-corrected chi connectivity index (χ4v) is 3.80. The first kappa shape index (κ1) is 26.8. The van der Waals surface area contributed by atoms with Crippen molar-refractivity contribution in [2.75, 3.05) is 17.2 Å². The molecule has 38 heavy (non-hydrogen) atoms. The van der Waals surface area contributed by atoms with E-state index in [4.69, 9.17) is 25.8 Å². The Morgan fingerprint density at radius 1 is 1.18 bits per heavy atom. The summed E-state index contributed by atoms with van der Waals surface area (Å²) in [6.45, 7) is 5.86. The Bertz CT molecular complexity index is 1450. The highest BCUT2D eigenvalue weighted by atomic mass is 35.5. The van der Waals surface area contributed by atoms with Crippen molar-refractivity contribution in [2.45, 2.75) is 33.3 Å². The van der Waals surface area contributed by atoms with Crippen molar-refractivity contribution in [1.29, 1.82) is 0 Å². The standard InChI is InChI=1S/C28H26ClFN4O4/c1-4-37-24-9-8-19(14-21(24)30)31-27-20-15-23(25(38-17(2)3)16-22(20)33-34-28(27)29)32-26(35)7-5-6-18-10-12-36-13-11-18/h8-18H,4,6H2,1-3H3,(H,31,33)(H,32,35). The van der Waals surface area contributed by atoms with Crippen LogP contribution < -0.4 is 20.1 Å². The number of anilines is 3. The van der Waals surface area contributed by atoms with Gasteiger partial charge in [-0.2, -0.15) is 0 Å². The SMILES string of the molecule is CCOc1ccc(Nc2c(Cl)nnc3cc(OC(C)C)c(NC(=O)C#CCC4C=COC=C4)cc23)cc1F. The molecule has 2 aromatic carbocycles. The number of nitrogens with zero attached hydrogens (tertiary/aromatic N) is 2. The van der Waals surface area contributed by atoms with Crippen molar-refractivity contribution < 1.29 is 23.4 Å². The maximum absolute atomic E-state index is 14.4. The maximum Gasteiger partial charge on any atom is 0.300 e. The molecule has 0 saturated carbocycles. The van der Waals surface area contributed by atoms with Gasteiger partial charge in [-0.3, -0.25) is 4.79 Å². The molecule has 3 aromatic rings. The number of ether oxygens (including phenoxy) is 3. The second-order valence-corrected chi connectivity index (χ2v) is 8.88. The van der Waals surface area contributed by atoms with Crippen molar-refractivity contribution in [3.05, 3.63) is 66.0 Å². The topological polar surface area (TPSA) is 94.6 Å². The van der Waals surface area contributed by atoms with Gasteiger partial charge in [-0.05, 0) is 57.0 Å². The molecule has 2 N–H and O–H groups in total. The number of amides is 1. The van der Waals surface area contributed by atoms with Crippen molar-refractivity contribution in [3.63, 3.8) is 0 Å². The molecule has 1 aromatic heterocycles. The fourth-order valence-electron chi connectivity index (χ4n) is 3.62. The van der Waals surface area contributed by atoms with E-state index in [1.165, 1.54) is 12.1 Å². The highest BCUT2D eigenvalue weighted by Gasteiger charge is 2.17. The molecule has 0 atom stereocenters. The van der Waals surface area contributed by atoms with Crippen LogP contribution in [0.25, 0.3) is 10.9 Å². The number of hydrogen-bond acceptors (Lipinski definition) is 7. The minimum atomic E-state index is -0.523. The van der Waals surface area contributed by atoms with Crippen LogP contribution in [0.3, 0.4) is 0 Å². The zero-order valence-corrected chi connectivity index (χ0v) is 21.8. The zero-order chi connectivity index (χ0) is 27.1. The Morgan fingerprint density at radius 3 is 2.68 bits per heavy atom. The molecule has 0 fully saturated rings. The fraction of sp³-hybridized carbons (Fsp3) is 0.250. The molecule has 0 radical (unpaired) electrons. The van der Waals surface area contributed by atoms with Gasteiger partial charge in [0.1, 0.15) is 5.75 Å². The molecule has 1 amide bonds. The molecule has 0 aliphatic carbocycles. The van der Waals surface area contributed by atoms with Gasteiger partial charge in [0, 0.05) is 35.5 Å². The predicted octanol–water partition coefficient (Wildman–Crippen LogP) is 6.36. The van der Waals surface area contributed by atoms with E-state index in [1.807, 2.05) is 26.0 Å². The molecule has 0 unspecified atom stereocenters. The van der Waals surface area contributed by atoms with Gasteiger partial charge in [-0.1, -0.05) is 17.5 Å². The number of hydrogen-bond donors (Lipinski definition) is 2. The largest absolute Gasteiger partial charge is 0.491 e. The van der Waals surface area contributed by atoms with E-state index in [0.29, 0.717) is 46.7 Å². The summed E-state index contributed by atoms with van der Waals surface area (Å²) >= 11 is 6.38. The van der Waals surface area contributed by atoms with Crippen LogP contribution in [-0.4, -0.2) is 28.8 Å². The van der Waals surface area contributed by atoms with Crippen molar-refractivity contribution in [3.8, 4) is 23.3 Å². The third-order valence-corrected chi connectivity index (χ3v) is 5.54.